The first-order valence-electron chi connectivity index (χ1n) is 10.1. The Morgan fingerprint density at radius 2 is 1.93 bits per heavy atom. The topological polar surface area (TPSA) is 93.5 Å². The molecule has 3 rings (SSSR count). The van der Waals surface area contributed by atoms with Gasteiger partial charge in [-0.05, 0) is 39.7 Å². The highest BCUT2D eigenvalue weighted by molar-refractivity contribution is 7.89. The Morgan fingerprint density at radius 3 is 2.50 bits per heavy atom. The highest BCUT2D eigenvalue weighted by atomic mass is 32.2. The van der Waals surface area contributed by atoms with Gasteiger partial charge in [0.1, 0.15) is 11.6 Å². The van der Waals surface area contributed by atoms with Crippen molar-refractivity contribution in [1.29, 1.82) is 0 Å². The van der Waals surface area contributed by atoms with Gasteiger partial charge >= 0.3 is 0 Å². The number of hydrogen-bond donors (Lipinski definition) is 1. The number of hydrogen-bond acceptors (Lipinski definition) is 5. The number of benzene rings is 1. The van der Waals surface area contributed by atoms with Gasteiger partial charge in [-0.2, -0.15) is 4.31 Å². The Morgan fingerprint density at radius 1 is 1.27 bits per heavy atom. The molecule has 1 amide bonds. The van der Waals surface area contributed by atoms with E-state index in [-0.39, 0.29) is 22.9 Å². The van der Waals surface area contributed by atoms with E-state index in [1.165, 1.54) is 10.5 Å². The van der Waals surface area contributed by atoms with E-state index in [1.54, 1.807) is 25.6 Å². The molecule has 8 nitrogen and oxygen atoms in total. The number of amides is 1. The third-order valence-corrected chi connectivity index (χ3v) is 7.50. The molecule has 9 heteroatoms. The number of carbonyl (C=O) groups excluding carboxylic acids is 1. The summed E-state index contributed by atoms with van der Waals surface area (Å²) >= 11 is 0. The zero-order chi connectivity index (χ0) is 22.1. The van der Waals surface area contributed by atoms with Crippen molar-refractivity contribution in [1.82, 2.24) is 19.2 Å². The molecule has 1 aliphatic rings. The zero-order valence-corrected chi connectivity index (χ0v) is 19.0. The van der Waals surface area contributed by atoms with Crippen molar-refractivity contribution in [3.63, 3.8) is 0 Å². The molecule has 1 aromatic carbocycles. The molecular formula is C21H30N4O4S. The third-order valence-electron chi connectivity index (χ3n) is 5.73. The van der Waals surface area contributed by atoms with E-state index in [9.17, 15) is 13.2 Å². The molecule has 2 heterocycles. The van der Waals surface area contributed by atoms with Crippen LogP contribution >= 0.6 is 0 Å². The van der Waals surface area contributed by atoms with Crippen molar-refractivity contribution < 1.29 is 17.9 Å². The predicted molar refractivity (Wildman–Crippen MR) is 114 cm³/mol. The van der Waals surface area contributed by atoms with Gasteiger partial charge in [0.15, 0.2) is 5.03 Å². The minimum Gasteiger partial charge on any atom is -0.496 e. The van der Waals surface area contributed by atoms with Crippen LogP contribution in [0.25, 0.3) is 0 Å². The number of ether oxygens (including phenoxy) is 1. The average molecular weight is 435 g/mol. The third kappa shape index (κ3) is 4.52. The number of piperidine rings is 1. The zero-order valence-electron chi connectivity index (χ0n) is 18.2. The minimum atomic E-state index is -3.64. The van der Waals surface area contributed by atoms with Crippen LogP contribution in [-0.2, 0) is 21.9 Å². The highest BCUT2D eigenvalue weighted by Gasteiger charge is 2.34. The van der Waals surface area contributed by atoms with Crippen LogP contribution in [0.1, 0.15) is 42.8 Å². The van der Waals surface area contributed by atoms with Gasteiger partial charge < -0.3 is 14.6 Å². The second kappa shape index (κ2) is 8.77. The molecule has 1 N–H and O–H groups in total. The van der Waals surface area contributed by atoms with E-state index in [1.807, 2.05) is 32.0 Å². The summed E-state index contributed by atoms with van der Waals surface area (Å²) in [5.74, 6) is 1.10. The normalized spacial score (nSPS) is 17.0. The Bertz CT molecular complexity index is 1000. The lowest BCUT2D eigenvalue weighted by molar-refractivity contribution is -0.126. The van der Waals surface area contributed by atoms with Crippen molar-refractivity contribution in [2.24, 2.45) is 13.0 Å². The molecule has 1 saturated heterocycles. The molecule has 2 aromatic rings. The molecular weight excluding hydrogens is 404 g/mol. The van der Waals surface area contributed by atoms with Gasteiger partial charge in [-0.15, -0.1) is 0 Å². The standard InChI is InChI=1S/C21H30N4O4S/c1-14-6-7-19(29-5)18(12-14)15(2)22-21(26)17-8-10-25(11-9-17)30(27,28)20-13-24(4)16(3)23-20/h6-7,12-13,15,17H,8-11H2,1-5H3,(H,22,26). The Kier molecular flexibility index (Phi) is 6.52. The van der Waals surface area contributed by atoms with Crippen LogP contribution in [0.4, 0.5) is 0 Å². The minimum absolute atomic E-state index is 0.0585. The highest BCUT2D eigenvalue weighted by Crippen LogP contribution is 2.28. The fourth-order valence-electron chi connectivity index (χ4n) is 3.74. The maximum atomic E-state index is 12.8. The second-order valence-electron chi connectivity index (χ2n) is 7.89. The van der Waals surface area contributed by atoms with Crippen molar-refractivity contribution >= 4 is 15.9 Å². The maximum Gasteiger partial charge on any atom is 0.262 e. The number of nitrogens with one attached hydrogen (secondary N) is 1. The lowest BCUT2D eigenvalue weighted by Crippen LogP contribution is -2.43. The number of imidazole rings is 1. The number of methoxy groups -OCH3 is 1. The Labute approximate surface area is 178 Å². The van der Waals surface area contributed by atoms with Gasteiger partial charge in [0, 0.05) is 37.8 Å². The fourth-order valence-corrected chi connectivity index (χ4v) is 5.24. The summed E-state index contributed by atoms with van der Waals surface area (Å²) in [6.45, 7) is 6.30. The van der Waals surface area contributed by atoms with Gasteiger partial charge in [0.2, 0.25) is 5.91 Å². The van der Waals surface area contributed by atoms with Crippen LogP contribution in [-0.4, -0.2) is 48.4 Å². The number of carbonyl (C=O) groups is 1. The molecule has 1 aromatic heterocycles. The first-order valence-corrected chi connectivity index (χ1v) is 11.5. The maximum absolute atomic E-state index is 12.8. The summed E-state index contributed by atoms with van der Waals surface area (Å²) in [6.07, 6.45) is 2.49. The molecule has 1 unspecified atom stereocenters. The molecule has 164 valence electrons. The molecule has 0 saturated carbocycles. The summed E-state index contributed by atoms with van der Waals surface area (Å²) in [5, 5.41) is 3.12. The van der Waals surface area contributed by atoms with Crippen LogP contribution < -0.4 is 10.1 Å². The van der Waals surface area contributed by atoms with Crippen molar-refractivity contribution in [3.05, 3.63) is 41.3 Å². The van der Waals surface area contributed by atoms with Crippen molar-refractivity contribution in [2.45, 2.75) is 44.7 Å². The monoisotopic (exact) mass is 434 g/mol. The van der Waals surface area contributed by atoms with E-state index >= 15 is 0 Å². The number of rotatable bonds is 6. The first kappa shape index (κ1) is 22.3. The largest absolute Gasteiger partial charge is 0.496 e. The van der Waals surface area contributed by atoms with Gasteiger partial charge in [0.05, 0.1) is 13.2 Å². The molecule has 1 fully saturated rings. The van der Waals surface area contributed by atoms with Crippen LogP contribution in [0.3, 0.4) is 0 Å². The van der Waals surface area contributed by atoms with Crippen molar-refractivity contribution in [2.75, 3.05) is 20.2 Å². The lowest BCUT2D eigenvalue weighted by Gasteiger charge is -2.30. The van der Waals surface area contributed by atoms with Crippen LogP contribution in [0.5, 0.6) is 5.75 Å². The van der Waals surface area contributed by atoms with Crippen LogP contribution in [0.2, 0.25) is 0 Å². The van der Waals surface area contributed by atoms with Crippen molar-refractivity contribution in [3.8, 4) is 5.75 Å². The van der Waals surface area contributed by atoms with Gasteiger partial charge in [-0.1, -0.05) is 17.7 Å². The van der Waals surface area contributed by atoms with E-state index < -0.39 is 10.0 Å². The molecule has 0 spiro atoms. The number of aryl methyl sites for hydroxylation is 3. The molecule has 0 bridgehead atoms. The summed E-state index contributed by atoms with van der Waals surface area (Å²) in [6, 6.07) is 5.67. The van der Waals surface area contributed by atoms with Gasteiger partial charge in [-0.3, -0.25) is 4.79 Å². The summed E-state index contributed by atoms with van der Waals surface area (Å²) in [4.78, 5) is 17.0. The molecule has 30 heavy (non-hydrogen) atoms. The van der Waals surface area contributed by atoms with E-state index in [0.29, 0.717) is 31.8 Å². The number of sulfonamides is 1. The lowest BCUT2D eigenvalue weighted by atomic mass is 9.96. The van der Waals surface area contributed by atoms with E-state index in [4.69, 9.17) is 4.74 Å². The fraction of sp³-hybridized carbons (Fsp3) is 0.524. The summed E-state index contributed by atoms with van der Waals surface area (Å²) < 4.78 is 34.2. The smallest absolute Gasteiger partial charge is 0.262 e. The van der Waals surface area contributed by atoms with E-state index in [2.05, 4.69) is 10.3 Å². The summed E-state index contributed by atoms with van der Waals surface area (Å²) in [5.41, 5.74) is 2.02. The second-order valence-corrected chi connectivity index (χ2v) is 9.78. The molecule has 1 aliphatic heterocycles. The molecule has 1 atom stereocenters. The van der Waals surface area contributed by atoms with E-state index in [0.717, 1.165) is 16.9 Å². The van der Waals surface area contributed by atoms with Gasteiger partial charge in [-0.25, -0.2) is 13.4 Å². The Balaban J connectivity index is 1.62. The van der Waals surface area contributed by atoms with Crippen LogP contribution in [0.15, 0.2) is 29.4 Å². The molecule has 0 radical (unpaired) electrons. The van der Waals surface area contributed by atoms with Gasteiger partial charge in [0.25, 0.3) is 10.0 Å². The predicted octanol–water partition coefficient (Wildman–Crippen LogP) is 2.32. The molecule has 0 aliphatic carbocycles. The SMILES string of the molecule is COc1ccc(C)cc1C(C)NC(=O)C1CCN(S(=O)(=O)c2cn(C)c(C)n2)CC1. The van der Waals surface area contributed by atoms with Crippen LogP contribution in [0, 0.1) is 19.8 Å². The Hall–Kier alpha value is -2.39. The number of nitrogens with zero attached hydrogens (tertiary/aromatic N) is 3. The number of aromatic nitrogens is 2. The first-order chi connectivity index (χ1) is 14.1. The quantitative estimate of drug-likeness (QED) is 0.753. The summed E-state index contributed by atoms with van der Waals surface area (Å²) in [7, 11) is -0.260. The average Bonchev–Trinajstić information content (AvgIpc) is 3.07.